The van der Waals surface area contributed by atoms with Crippen molar-refractivity contribution in [3.63, 3.8) is 0 Å². The maximum absolute atomic E-state index is 12.4. The van der Waals surface area contributed by atoms with Crippen molar-refractivity contribution in [2.24, 2.45) is 0 Å². The van der Waals surface area contributed by atoms with Crippen molar-refractivity contribution in [2.45, 2.75) is 6.54 Å². The van der Waals surface area contributed by atoms with E-state index in [1.165, 1.54) is 4.57 Å². The summed E-state index contributed by atoms with van der Waals surface area (Å²) in [7, 11) is 0. The molecule has 1 amide bonds. The number of benzene rings is 2. The van der Waals surface area contributed by atoms with Gasteiger partial charge in [-0.3, -0.25) is 9.59 Å². The van der Waals surface area contributed by atoms with E-state index in [0.29, 0.717) is 22.0 Å². The van der Waals surface area contributed by atoms with Crippen LogP contribution < -0.4 is 10.9 Å². The molecule has 1 aromatic heterocycles. The van der Waals surface area contributed by atoms with Crippen LogP contribution in [-0.4, -0.2) is 22.2 Å². The van der Waals surface area contributed by atoms with Crippen molar-refractivity contribution in [1.29, 1.82) is 0 Å². The number of anilines is 1. The Morgan fingerprint density at radius 3 is 2.52 bits per heavy atom. The molecule has 0 aliphatic carbocycles. The smallest absolute Gasteiger partial charge is 0.258 e. The molecule has 0 atom stereocenters. The van der Waals surface area contributed by atoms with Crippen LogP contribution >= 0.6 is 0 Å². The lowest BCUT2D eigenvalue weighted by Gasteiger charge is -2.10. The van der Waals surface area contributed by atoms with Gasteiger partial charge >= 0.3 is 0 Å². The average Bonchev–Trinajstić information content (AvgIpc) is 2.59. The fraction of sp³-hybridized carbons (Fsp3) is 0.111. The van der Waals surface area contributed by atoms with Gasteiger partial charge in [0, 0.05) is 34.8 Å². The number of rotatable bonds is 4. The summed E-state index contributed by atoms with van der Waals surface area (Å²) in [5.74, 6) is -0.224. The van der Waals surface area contributed by atoms with Crippen LogP contribution in [0.5, 0.6) is 0 Å². The summed E-state index contributed by atoms with van der Waals surface area (Å²) < 4.78 is 1.45. The van der Waals surface area contributed by atoms with Crippen LogP contribution in [0, 0.1) is 0 Å². The molecular formula is C18H16N2O3. The van der Waals surface area contributed by atoms with Crippen LogP contribution in [0.2, 0.25) is 0 Å². The lowest BCUT2D eigenvalue weighted by molar-refractivity contribution is 0.102. The van der Waals surface area contributed by atoms with Crippen molar-refractivity contribution in [1.82, 2.24) is 4.57 Å². The number of carbonyl (C=O) groups is 1. The van der Waals surface area contributed by atoms with Gasteiger partial charge in [0.2, 0.25) is 0 Å². The number of aromatic nitrogens is 1. The van der Waals surface area contributed by atoms with Crippen molar-refractivity contribution in [3.05, 3.63) is 76.7 Å². The van der Waals surface area contributed by atoms with E-state index >= 15 is 0 Å². The third kappa shape index (κ3) is 3.00. The molecule has 0 radical (unpaired) electrons. The number of amides is 1. The van der Waals surface area contributed by atoms with E-state index in [1.807, 2.05) is 6.07 Å². The number of hydrogen-bond acceptors (Lipinski definition) is 3. The summed E-state index contributed by atoms with van der Waals surface area (Å²) in [6, 6.07) is 15.9. The normalized spacial score (nSPS) is 10.7. The van der Waals surface area contributed by atoms with Crippen molar-refractivity contribution >= 4 is 22.4 Å². The molecule has 2 aromatic carbocycles. The Hall–Kier alpha value is -2.92. The summed E-state index contributed by atoms with van der Waals surface area (Å²) in [4.78, 5) is 24.7. The van der Waals surface area contributed by atoms with Gasteiger partial charge in [0.15, 0.2) is 0 Å². The summed E-state index contributed by atoms with van der Waals surface area (Å²) >= 11 is 0. The molecule has 0 fully saturated rings. The second kappa shape index (κ2) is 6.46. The number of pyridine rings is 1. The number of carbonyl (C=O) groups excluding carboxylic acids is 1. The van der Waals surface area contributed by atoms with E-state index in [0.717, 1.165) is 0 Å². The van der Waals surface area contributed by atoms with E-state index in [1.54, 1.807) is 54.7 Å². The van der Waals surface area contributed by atoms with E-state index < -0.39 is 0 Å². The molecule has 0 spiro atoms. The van der Waals surface area contributed by atoms with Gasteiger partial charge in [0.1, 0.15) is 0 Å². The molecular weight excluding hydrogens is 292 g/mol. The first-order chi connectivity index (χ1) is 11.2. The fourth-order valence-corrected chi connectivity index (χ4v) is 2.50. The highest BCUT2D eigenvalue weighted by Gasteiger charge is 2.10. The van der Waals surface area contributed by atoms with Crippen LogP contribution in [0.4, 0.5) is 5.69 Å². The van der Waals surface area contributed by atoms with Gasteiger partial charge < -0.3 is 15.0 Å². The zero-order chi connectivity index (χ0) is 16.2. The first-order valence-electron chi connectivity index (χ1n) is 7.30. The van der Waals surface area contributed by atoms with E-state index in [-0.39, 0.29) is 24.6 Å². The Balaban J connectivity index is 2.00. The average molecular weight is 308 g/mol. The van der Waals surface area contributed by atoms with Gasteiger partial charge in [0.05, 0.1) is 6.61 Å². The number of aliphatic hydroxyl groups excluding tert-OH is 1. The standard InChI is InChI=1S/C18H16N2O3/c21-12-11-20-10-9-14-15(18(20)23)7-4-8-16(14)19-17(22)13-5-2-1-3-6-13/h1-10,21H,11-12H2,(H,19,22). The molecule has 1 heterocycles. The maximum Gasteiger partial charge on any atom is 0.258 e. The van der Waals surface area contributed by atoms with E-state index in [2.05, 4.69) is 5.32 Å². The molecule has 116 valence electrons. The third-order valence-corrected chi connectivity index (χ3v) is 3.64. The zero-order valence-electron chi connectivity index (χ0n) is 12.4. The first kappa shape index (κ1) is 15.0. The Kier molecular flexibility index (Phi) is 4.21. The van der Waals surface area contributed by atoms with Crippen molar-refractivity contribution < 1.29 is 9.90 Å². The van der Waals surface area contributed by atoms with Crippen molar-refractivity contribution in [3.8, 4) is 0 Å². The lowest BCUT2D eigenvalue weighted by Crippen LogP contribution is -2.21. The predicted molar refractivity (Wildman–Crippen MR) is 89.7 cm³/mol. The van der Waals surface area contributed by atoms with Gasteiger partial charge in [0.25, 0.3) is 11.5 Å². The van der Waals surface area contributed by atoms with Crippen LogP contribution in [0.3, 0.4) is 0 Å². The van der Waals surface area contributed by atoms with E-state index in [9.17, 15) is 9.59 Å². The fourth-order valence-electron chi connectivity index (χ4n) is 2.50. The highest BCUT2D eigenvalue weighted by Crippen LogP contribution is 2.21. The topological polar surface area (TPSA) is 71.3 Å². The molecule has 3 aromatic rings. The number of nitrogens with one attached hydrogen (secondary N) is 1. The minimum atomic E-state index is -0.224. The minimum absolute atomic E-state index is 0.101. The molecule has 3 rings (SSSR count). The Bertz CT molecular complexity index is 901. The molecule has 5 nitrogen and oxygen atoms in total. The van der Waals surface area contributed by atoms with Gasteiger partial charge in [-0.05, 0) is 30.3 Å². The van der Waals surface area contributed by atoms with Crippen LogP contribution in [-0.2, 0) is 6.54 Å². The Morgan fingerprint density at radius 1 is 1.00 bits per heavy atom. The molecule has 23 heavy (non-hydrogen) atoms. The van der Waals surface area contributed by atoms with Crippen molar-refractivity contribution in [2.75, 3.05) is 11.9 Å². The second-order valence-corrected chi connectivity index (χ2v) is 5.12. The molecule has 0 aliphatic heterocycles. The Labute approximate surface area is 132 Å². The van der Waals surface area contributed by atoms with Gasteiger partial charge in [-0.15, -0.1) is 0 Å². The lowest BCUT2D eigenvalue weighted by atomic mass is 10.1. The molecule has 0 saturated carbocycles. The molecule has 0 unspecified atom stereocenters. The third-order valence-electron chi connectivity index (χ3n) is 3.64. The molecule has 0 saturated heterocycles. The summed E-state index contributed by atoms with van der Waals surface area (Å²) in [6.07, 6.45) is 1.62. The first-order valence-corrected chi connectivity index (χ1v) is 7.30. The second-order valence-electron chi connectivity index (χ2n) is 5.12. The van der Waals surface area contributed by atoms with Crippen LogP contribution in [0.1, 0.15) is 10.4 Å². The zero-order valence-corrected chi connectivity index (χ0v) is 12.4. The molecule has 0 aliphatic rings. The van der Waals surface area contributed by atoms with Gasteiger partial charge in [-0.1, -0.05) is 24.3 Å². The largest absolute Gasteiger partial charge is 0.395 e. The molecule has 2 N–H and O–H groups in total. The Morgan fingerprint density at radius 2 is 1.78 bits per heavy atom. The highest BCUT2D eigenvalue weighted by atomic mass is 16.3. The SMILES string of the molecule is O=C(Nc1cccc2c(=O)n(CCO)ccc12)c1ccccc1. The summed E-state index contributed by atoms with van der Waals surface area (Å²) in [5, 5.41) is 13.0. The molecule has 0 bridgehead atoms. The quantitative estimate of drug-likeness (QED) is 0.776. The number of hydrogen-bond donors (Lipinski definition) is 2. The predicted octanol–water partition coefficient (Wildman–Crippen LogP) is 2.25. The monoisotopic (exact) mass is 308 g/mol. The minimum Gasteiger partial charge on any atom is -0.395 e. The number of nitrogens with zero attached hydrogens (tertiary/aromatic N) is 1. The number of fused-ring (bicyclic) bond motifs is 1. The van der Waals surface area contributed by atoms with Crippen LogP contribution in [0.15, 0.2) is 65.6 Å². The van der Waals surface area contributed by atoms with E-state index in [4.69, 9.17) is 5.11 Å². The van der Waals surface area contributed by atoms with Gasteiger partial charge in [-0.25, -0.2) is 0 Å². The summed E-state index contributed by atoms with van der Waals surface area (Å²) in [5.41, 5.74) is 0.954. The van der Waals surface area contributed by atoms with Gasteiger partial charge in [-0.2, -0.15) is 0 Å². The summed E-state index contributed by atoms with van der Waals surface area (Å²) in [6.45, 7) is 0.144. The molecule has 5 heteroatoms. The van der Waals surface area contributed by atoms with Crippen LogP contribution in [0.25, 0.3) is 10.8 Å². The number of aliphatic hydroxyl groups is 1. The highest BCUT2D eigenvalue weighted by molar-refractivity contribution is 6.08. The maximum atomic E-state index is 12.4.